The molecule has 0 saturated heterocycles. The fraction of sp³-hybridized carbons (Fsp3) is 0.200. The van der Waals surface area contributed by atoms with Crippen molar-refractivity contribution in [1.82, 2.24) is 24.7 Å². The van der Waals surface area contributed by atoms with E-state index < -0.39 is 23.5 Å². The zero-order valence-electron chi connectivity index (χ0n) is 21.3. The van der Waals surface area contributed by atoms with Gasteiger partial charge in [-0.15, -0.1) is 9.78 Å². The van der Waals surface area contributed by atoms with Crippen LogP contribution in [0.5, 0.6) is 11.5 Å². The van der Waals surface area contributed by atoms with Gasteiger partial charge in [0.15, 0.2) is 17.3 Å². The molecule has 0 aliphatic heterocycles. The number of aliphatic carboxylic acids is 1. The highest BCUT2D eigenvalue weighted by Crippen LogP contribution is 2.35. The van der Waals surface area contributed by atoms with E-state index in [9.17, 15) is 4.79 Å². The number of hydrogen-bond acceptors (Lipinski definition) is 9. The van der Waals surface area contributed by atoms with Gasteiger partial charge in [-0.2, -0.15) is 0 Å². The number of nitrogens with one attached hydrogen (secondary N) is 3. The molecule has 0 bridgehead atoms. The minimum atomic E-state index is -0.944. The number of carboxylic acid groups (broad SMARTS) is 1. The van der Waals surface area contributed by atoms with Crippen molar-refractivity contribution >= 4 is 17.5 Å². The molecule has 204 valence electrons. The van der Waals surface area contributed by atoms with Crippen molar-refractivity contribution in [1.29, 1.82) is 5.41 Å². The summed E-state index contributed by atoms with van der Waals surface area (Å²) in [5, 5.41) is 22.5. The Bertz CT molecular complexity index is 1480. The van der Waals surface area contributed by atoms with E-state index in [1.807, 2.05) is 0 Å². The second kappa shape index (κ2) is 12.8. The quantitative estimate of drug-likeness (QED) is 0.156. The zero-order chi connectivity index (χ0) is 28.5. The van der Waals surface area contributed by atoms with Crippen molar-refractivity contribution < 1.29 is 23.8 Å². The van der Waals surface area contributed by atoms with Crippen LogP contribution in [-0.4, -0.2) is 55.4 Å². The smallest absolute Gasteiger partial charge is 0.350 e. The van der Waals surface area contributed by atoms with Crippen LogP contribution in [0.15, 0.2) is 59.7 Å². The van der Waals surface area contributed by atoms with Gasteiger partial charge in [-0.25, -0.2) is 19.2 Å². The van der Waals surface area contributed by atoms with E-state index in [2.05, 4.69) is 25.4 Å². The lowest BCUT2D eigenvalue weighted by Crippen LogP contribution is -2.18. The number of benzene rings is 2. The number of aromatic amines is 1. The maximum atomic E-state index is 15.4. The molecule has 13 nitrogen and oxygen atoms in total. The van der Waals surface area contributed by atoms with Gasteiger partial charge in [0.25, 0.3) is 11.9 Å². The third kappa shape index (κ3) is 7.15. The predicted octanol–water partition coefficient (Wildman–Crippen LogP) is 2.47. The number of nitrogen functional groups attached to an aromatic ring is 1. The van der Waals surface area contributed by atoms with E-state index in [0.29, 0.717) is 23.6 Å². The summed E-state index contributed by atoms with van der Waals surface area (Å²) in [6, 6.07) is 10.0. The maximum Gasteiger partial charge on any atom is 0.350 e. The monoisotopic (exact) mass is 538 g/mol. The third-order valence-electron chi connectivity index (χ3n) is 5.05. The lowest BCUT2D eigenvalue weighted by Gasteiger charge is -2.21. The molecule has 1 unspecified atom stereocenters. The van der Waals surface area contributed by atoms with E-state index in [1.165, 1.54) is 31.6 Å². The molecule has 0 fully saturated rings. The van der Waals surface area contributed by atoms with Gasteiger partial charge in [-0.1, -0.05) is 0 Å². The molecule has 0 spiro atoms. The highest BCUT2D eigenvalue weighted by Gasteiger charge is 2.26. The van der Waals surface area contributed by atoms with E-state index in [0.717, 1.165) is 11.6 Å². The molecule has 6 N–H and O–H groups in total. The molecular formula is C25H27FN8O5. The van der Waals surface area contributed by atoms with Gasteiger partial charge in [0.05, 0.1) is 13.7 Å². The van der Waals surface area contributed by atoms with Crippen molar-refractivity contribution in [2.24, 2.45) is 5.73 Å². The van der Waals surface area contributed by atoms with Crippen LogP contribution in [-0.2, 0) is 4.79 Å². The Labute approximate surface area is 222 Å². The highest BCUT2D eigenvalue weighted by molar-refractivity contribution is 5.95. The summed E-state index contributed by atoms with van der Waals surface area (Å²) in [5.41, 5.74) is 6.19. The molecule has 39 heavy (non-hydrogen) atoms. The summed E-state index contributed by atoms with van der Waals surface area (Å²) >= 11 is 0. The average Bonchev–Trinajstić information content (AvgIpc) is 3.29. The normalized spacial score (nSPS) is 11.1. The molecule has 0 aliphatic rings. The zero-order valence-corrected chi connectivity index (χ0v) is 21.3. The fourth-order valence-electron chi connectivity index (χ4n) is 3.41. The Kier molecular flexibility index (Phi) is 9.29. The minimum absolute atomic E-state index is 0.0642. The van der Waals surface area contributed by atoms with Gasteiger partial charge >= 0.3 is 5.69 Å². The summed E-state index contributed by atoms with van der Waals surface area (Å²) < 4.78 is 27.2. The minimum Gasteiger partial charge on any atom is -0.493 e. The van der Waals surface area contributed by atoms with Crippen LogP contribution in [0, 0.1) is 11.2 Å². The number of amidine groups is 1. The Hall–Kier alpha value is -5.27. The van der Waals surface area contributed by atoms with Gasteiger partial charge < -0.3 is 25.6 Å². The van der Waals surface area contributed by atoms with E-state index in [-0.39, 0.29) is 28.9 Å². The molecular weight excluding hydrogens is 511 g/mol. The van der Waals surface area contributed by atoms with E-state index in [1.54, 1.807) is 37.3 Å². The van der Waals surface area contributed by atoms with Crippen molar-refractivity contribution in [2.45, 2.75) is 19.9 Å². The number of carboxylic acids is 1. The molecule has 2 aromatic heterocycles. The molecule has 0 amide bonds. The molecule has 14 heteroatoms. The molecule has 4 aromatic rings. The first-order valence-corrected chi connectivity index (χ1v) is 11.5. The van der Waals surface area contributed by atoms with Crippen LogP contribution >= 0.6 is 0 Å². The van der Waals surface area contributed by atoms with Gasteiger partial charge in [-0.3, -0.25) is 15.2 Å². The van der Waals surface area contributed by atoms with Crippen molar-refractivity contribution in [3.05, 3.63) is 88.1 Å². The van der Waals surface area contributed by atoms with E-state index >= 15 is 4.39 Å². The first kappa shape index (κ1) is 28.3. The number of halogens is 1. The number of rotatable bonds is 9. The largest absolute Gasteiger partial charge is 0.493 e. The number of anilines is 1. The number of methoxy groups -OCH3 is 1. The lowest BCUT2D eigenvalue weighted by atomic mass is 10.0. The number of aromatic nitrogens is 5. The van der Waals surface area contributed by atoms with Gasteiger partial charge in [0.2, 0.25) is 0 Å². The van der Waals surface area contributed by atoms with Gasteiger partial charge in [-0.05, 0) is 43.3 Å². The average molecular weight is 539 g/mol. The van der Waals surface area contributed by atoms with Gasteiger partial charge in [0.1, 0.15) is 17.7 Å². The van der Waals surface area contributed by atoms with Crippen LogP contribution in [0.2, 0.25) is 0 Å². The van der Waals surface area contributed by atoms with Crippen LogP contribution in [0.1, 0.15) is 36.8 Å². The fourth-order valence-corrected chi connectivity index (χ4v) is 3.41. The van der Waals surface area contributed by atoms with Crippen LogP contribution < -0.4 is 26.2 Å². The third-order valence-corrected chi connectivity index (χ3v) is 5.05. The summed E-state index contributed by atoms with van der Waals surface area (Å²) in [6.07, 6.45) is 2.96. The molecule has 0 saturated carbocycles. The Morgan fingerprint density at radius 3 is 2.44 bits per heavy atom. The SMILES string of the molecule is CC(=O)O.CCOc1cc(F)c(C(Nc2ccc(C(=N)N)cc2)c2nn(-c3ncccn3)c(=O)[nH]2)cc1OC. The maximum absolute atomic E-state index is 15.4. The second-order valence-corrected chi connectivity index (χ2v) is 7.82. The standard InChI is InChI=1S/C23H23FN8O3.C2H4O2/c1-3-35-18-12-16(24)15(11-17(18)34-2)19(29-14-7-5-13(6-8-14)20(25)26)21-30-23(33)32(31-21)22-27-9-4-10-28-22;1-2(3)4/h4-12,19,29H,3H2,1-2H3,(H3,25,26)(H,30,31,33);1H3,(H,3,4). The lowest BCUT2D eigenvalue weighted by molar-refractivity contribution is -0.134. The highest BCUT2D eigenvalue weighted by atomic mass is 19.1. The van der Waals surface area contributed by atoms with Crippen LogP contribution in [0.3, 0.4) is 0 Å². The van der Waals surface area contributed by atoms with Crippen LogP contribution in [0.4, 0.5) is 10.1 Å². The number of ether oxygens (including phenoxy) is 2. The topological polar surface area (TPSA) is 194 Å². The summed E-state index contributed by atoms with van der Waals surface area (Å²) in [4.78, 5) is 32.4. The summed E-state index contributed by atoms with van der Waals surface area (Å²) in [7, 11) is 1.45. The van der Waals surface area contributed by atoms with Crippen LogP contribution in [0.25, 0.3) is 5.95 Å². The second-order valence-electron chi connectivity index (χ2n) is 7.82. The Balaban J connectivity index is 0.000000983. The molecule has 0 aliphatic carbocycles. The van der Waals surface area contributed by atoms with E-state index in [4.69, 9.17) is 30.5 Å². The first-order chi connectivity index (χ1) is 18.6. The molecule has 2 heterocycles. The molecule has 2 aromatic carbocycles. The van der Waals surface area contributed by atoms with Crippen molar-refractivity contribution in [2.75, 3.05) is 19.0 Å². The molecule has 4 rings (SSSR count). The molecule has 0 radical (unpaired) electrons. The van der Waals surface area contributed by atoms with Gasteiger partial charge in [0, 0.05) is 42.2 Å². The number of nitrogens with zero attached hydrogens (tertiary/aromatic N) is 4. The number of nitrogens with two attached hydrogens (primary N) is 1. The first-order valence-electron chi connectivity index (χ1n) is 11.5. The summed E-state index contributed by atoms with van der Waals surface area (Å²) in [6.45, 7) is 3.19. The summed E-state index contributed by atoms with van der Waals surface area (Å²) in [5.74, 6) is -0.773. The number of carbonyl (C=O) groups is 1. The number of hydrogen-bond donors (Lipinski definition) is 5. The molecule has 1 atom stereocenters. The van der Waals surface area contributed by atoms with Crippen molar-refractivity contribution in [3.8, 4) is 17.4 Å². The predicted molar refractivity (Wildman–Crippen MR) is 140 cm³/mol. The Morgan fingerprint density at radius 2 is 1.87 bits per heavy atom. The Morgan fingerprint density at radius 1 is 1.23 bits per heavy atom. The number of H-pyrrole nitrogens is 1. The van der Waals surface area contributed by atoms with Crippen molar-refractivity contribution in [3.63, 3.8) is 0 Å².